The predicted molar refractivity (Wildman–Crippen MR) is 161 cm³/mol. The number of amides is 1. The Labute approximate surface area is 241 Å². The van der Waals surface area contributed by atoms with Gasteiger partial charge in [-0.1, -0.05) is 71.7 Å². The van der Waals surface area contributed by atoms with Crippen molar-refractivity contribution in [3.05, 3.63) is 123 Å². The van der Waals surface area contributed by atoms with Gasteiger partial charge in [-0.25, -0.2) is 4.99 Å². The standard InChI is InChI=1S/C31H24Cl2N2O3S/c1-2-37-28-17-21(13-16-27(28)38-20-22-14-15-23(32)19-26(22)33)18-29-30(36)35(25-11-7-4-8-12-25)31(39-29)34-24-9-5-3-6-10-24/h3-19H,2,20H2,1H3/b29-18-,34-31?. The van der Waals surface area contributed by atoms with Crippen LogP contribution in [0.1, 0.15) is 18.1 Å². The highest BCUT2D eigenvalue weighted by atomic mass is 35.5. The minimum absolute atomic E-state index is 0.142. The number of carbonyl (C=O) groups excluding carboxylic acids is 1. The van der Waals surface area contributed by atoms with Crippen LogP contribution in [-0.2, 0) is 11.4 Å². The number of hydrogen-bond acceptors (Lipinski definition) is 5. The Balaban J connectivity index is 1.43. The second kappa shape index (κ2) is 12.4. The molecule has 0 unspecified atom stereocenters. The Bertz CT molecular complexity index is 1540. The van der Waals surface area contributed by atoms with Gasteiger partial charge in [0.05, 0.1) is 22.9 Å². The average molecular weight is 576 g/mol. The van der Waals surface area contributed by atoms with Crippen molar-refractivity contribution in [2.45, 2.75) is 13.5 Å². The Hall–Kier alpha value is -3.71. The first-order valence-electron chi connectivity index (χ1n) is 12.3. The van der Waals surface area contributed by atoms with Gasteiger partial charge in [0.2, 0.25) is 0 Å². The summed E-state index contributed by atoms with van der Waals surface area (Å²) < 4.78 is 11.9. The lowest BCUT2D eigenvalue weighted by atomic mass is 10.1. The van der Waals surface area contributed by atoms with Crippen molar-refractivity contribution in [3.8, 4) is 11.5 Å². The second-order valence-electron chi connectivity index (χ2n) is 8.48. The summed E-state index contributed by atoms with van der Waals surface area (Å²) in [7, 11) is 0. The molecule has 0 bridgehead atoms. The van der Waals surface area contributed by atoms with Gasteiger partial charge in [0.15, 0.2) is 16.7 Å². The molecule has 4 aromatic carbocycles. The number of carbonyl (C=O) groups is 1. The highest BCUT2D eigenvalue weighted by Crippen LogP contribution is 2.38. The van der Waals surface area contributed by atoms with Crippen molar-refractivity contribution < 1.29 is 14.3 Å². The highest BCUT2D eigenvalue weighted by molar-refractivity contribution is 8.19. The molecule has 1 aliphatic heterocycles. The maximum atomic E-state index is 13.6. The van der Waals surface area contributed by atoms with Crippen LogP contribution in [0.3, 0.4) is 0 Å². The third-order valence-electron chi connectivity index (χ3n) is 5.77. The average Bonchev–Trinajstić information content (AvgIpc) is 3.24. The molecule has 1 saturated heterocycles. The number of thioether (sulfide) groups is 1. The van der Waals surface area contributed by atoms with E-state index in [0.717, 1.165) is 22.5 Å². The number of para-hydroxylation sites is 2. The Morgan fingerprint density at radius 1 is 0.872 bits per heavy atom. The summed E-state index contributed by atoms with van der Waals surface area (Å²) in [5.74, 6) is 1.01. The van der Waals surface area contributed by atoms with Gasteiger partial charge in [-0.15, -0.1) is 0 Å². The first-order chi connectivity index (χ1) is 19.0. The fraction of sp³-hybridized carbons (Fsp3) is 0.0968. The van der Waals surface area contributed by atoms with Crippen LogP contribution in [0.4, 0.5) is 11.4 Å². The monoisotopic (exact) mass is 574 g/mol. The number of hydrogen-bond donors (Lipinski definition) is 0. The molecule has 0 radical (unpaired) electrons. The van der Waals surface area contributed by atoms with E-state index < -0.39 is 0 Å². The first kappa shape index (κ1) is 26.9. The first-order valence-corrected chi connectivity index (χ1v) is 13.9. The van der Waals surface area contributed by atoms with E-state index in [1.807, 2.05) is 97.9 Å². The molecule has 5 nitrogen and oxygen atoms in total. The van der Waals surface area contributed by atoms with Crippen LogP contribution in [-0.4, -0.2) is 17.7 Å². The molecule has 8 heteroatoms. The van der Waals surface area contributed by atoms with Crippen LogP contribution >= 0.6 is 35.0 Å². The quantitative estimate of drug-likeness (QED) is 0.197. The number of rotatable bonds is 8. The fourth-order valence-corrected chi connectivity index (χ4v) is 5.38. The van der Waals surface area contributed by atoms with Crippen LogP contribution in [0.15, 0.2) is 107 Å². The molecular formula is C31H24Cl2N2O3S. The molecule has 0 N–H and O–H groups in total. The summed E-state index contributed by atoms with van der Waals surface area (Å²) in [5.41, 5.74) is 3.15. The van der Waals surface area contributed by atoms with Gasteiger partial charge in [0.1, 0.15) is 6.61 Å². The second-order valence-corrected chi connectivity index (χ2v) is 10.3. The van der Waals surface area contributed by atoms with E-state index in [4.69, 9.17) is 37.7 Å². The third-order valence-corrected chi connectivity index (χ3v) is 7.32. The minimum Gasteiger partial charge on any atom is -0.490 e. The molecular weight excluding hydrogens is 551 g/mol. The van der Waals surface area contributed by atoms with Crippen molar-refractivity contribution in [1.29, 1.82) is 0 Å². The van der Waals surface area contributed by atoms with E-state index >= 15 is 0 Å². The van der Waals surface area contributed by atoms with E-state index in [0.29, 0.717) is 38.2 Å². The Morgan fingerprint density at radius 2 is 1.62 bits per heavy atom. The molecule has 0 atom stereocenters. The van der Waals surface area contributed by atoms with Crippen molar-refractivity contribution in [1.82, 2.24) is 0 Å². The van der Waals surface area contributed by atoms with E-state index in [1.54, 1.807) is 17.0 Å². The molecule has 1 amide bonds. The largest absolute Gasteiger partial charge is 0.490 e. The molecule has 0 aliphatic carbocycles. The van der Waals surface area contributed by atoms with E-state index in [2.05, 4.69) is 0 Å². The lowest BCUT2D eigenvalue weighted by molar-refractivity contribution is -0.113. The smallest absolute Gasteiger partial charge is 0.271 e. The topological polar surface area (TPSA) is 51.1 Å². The highest BCUT2D eigenvalue weighted by Gasteiger charge is 2.34. The zero-order chi connectivity index (χ0) is 27.2. The summed E-state index contributed by atoms with van der Waals surface area (Å²) in [6.45, 7) is 2.63. The maximum Gasteiger partial charge on any atom is 0.271 e. The zero-order valence-corrected chi connectivity index (χ0v) is 23.3. The number of halogens is 2. The molecule has 4 aromatic rings. The lowest BCUT2D eigenvalue weighted by Crippen LogP contribution is -2.28. The maximum absolute atomic E-state index is 13.6. The van der Waals surface area contributed by atoms with Crippen LogP contribution in [0, 0.1) is 0 Å². The lowest BCUT2D eigenvalue weighted by Gasteiger charge is -2.15. The van der Waals surface area contributed by atoms with Gasteiger partial charge in [0, 0.05) is 15.6 Å². The Morgan fingerprint density at radius 3 is 2.33 bits per heavy atom. The summed E-state index contributed by atoms with van der Waals surface area (Å²) in [6.07, 6.45) is 1.85. The van der Waals surface area contributed by atoms with Crippen LogP contribution in [0.5, 0.6) is 11.5 Å². The fourth-order valence-electron chi connectivity index (χ4n) is 3.91. The van der Waals surface area contributed by atoms with Crippen LogP contribution < -0.4 is 14.4 Å². The summed E-state index contributed by atoms with van der Waals surface area (Å²) in [4.78, 5) is 20.5. The Kier molecular flexibility index (Phi) is 8.57. The summed E-state index contributed by atoms with van der Waals surface area (Å²) >= 11 is 13.6. The van der Waals surface area contributed by atoms with Gasteiger partial charge in [-0.05, 0) is 78.9 Å². The van der Waals surface area contributed by atoms with E-state index in [1.165, 1.54) is 11.8 Å². The SMILES string of the molecule is CCOc1cc(/C=C2\SC(=Nc3ccccc3)N(c3ccccc3)C2=O)ccc1OCc1ccc(Cl)cc1Cl. The van der Waals surface area contributed by atoms with Gasteiger partial charge < -0.3 is 9.47 Å². The van der Waals surface area contributed by atoms with Gasteiger partial charge in [0.25, 0.3) is 5.91 Å². The molecule has 0 saturated carbocycles. The van der Waals surface area contributed by atoms with E-state index in [9.17, 15) is 4.79 Å². The number of nitrogens with zero attached hydrogens (tertiary/aromatic N) is 2. The van der Waals surface area contributed by atoms with Gasteiger partial charge >= 0.3 is 0 Å². The molecule has 0 spiro atoms. The normalized spacial score (nSPS) is 15.3. The van der Waals surface area contributed by atoms with Crippen molar-refractivity contribution in [2.75, 3.05) is 11.5 Å². The van der Waals surface area contributed by atoms with Crippen LogP contribution in [0.2, 0.25) is 10.0 Å². The zero-order valence-electron chi connectivity index (χ0n) is 21.0. The number of benzene rings is 4. The van der Waals surface area contributed by atoms with Crippen LogP contribution in [0.25, 0.3) is 6.08 Å². The number of amidine groups is 1. The summed E-state index contributed by atoms with van der Waals surface area (Å²) in [6, 6.07) is 30.0. The molecule has 1 heterocycles. The minimum atomic E-state index is -0.142. The predicted octanol–water partition coefficient (Wildman–Crippen LogP) is 8.78. The number of anilines is 1. The molecule has 1 aliphatic rings. The summed E-state index contributed by atoms with van der Waals surface area (Å²) in [5, 5.41) is 1.70. The van der Waals surface area contributed by atoms with E-state index in [-0.39, 0.29) is 12.5 Å². The molecule has 0 aromatic heterocycles. The van der Waals surface area contributed by atoms with Crippen molar-refractivity contribution in [3.63, 3.8) is 0 Å². The van der Waals surface area contributed by atoms with Gasteiger partial charge in [-0.2, -0.15) is 0 Å². The third kappa shape index (κ3) is 6.48. The molecule has 1 fully saturated rings. The van der Waals surface area contributed by atoms with Crippen molar-refractivity contribution >= 4 is 63.5 Å². The number of aliphatic imine (C=N–C) groups is 1. The molecule has 196 valence electrons. The molecule has 39 heavy (non-hydrogen) atoms. The van der Waals surface area contributed by atoms with Crippen molar-refractivity contribution in [2.24, 2.45) is 4.99 Å². The van der Waals surface area contributed by atoms with Gasteiger partial charge in [-0.3, -0.25) is 9.69 Å². The molecule has 5 rings (SSSR count). The number of ether oxygens (including phenoxy) is 2.